The van der Waals surface area contributed by atoms with Crippen LogP contribution in [0.2, 0.25) is 5.02 Å². The van der Waals surface area contributed by atoms with Gasteiger partial charge in [-0.15, -0.1) is 0 Å². The number of hydrogen-bond donors (Lipinski definition) is 1. The molecule has 3 rings (SSSR count). The number of rotatable bonds is 3. The summed E-state index contributed by atoms with van der Waals surface area (Å²) in [6, 6.07) is 11.1. The lowest BCUT2D eigenvalue weighted by Gasteiger charge is -2.32. The molecule has 4 nitrogen and oxygen atoms in total. The molecule has 124 valence electrons. The van der Waals surface area contributed by atoms with Crippen LogP contribution in [0.25, 0.3) is 0 Å². The average molecular weight is 365 g/mol. The van der Waals surface area contributed by atoms with Gasteiger partial charge < -0.3 is 0 Å². The molecule has 1 atom stereocenters. The van der Waals surface area contributed by atoms with Crippen LogP contribution in [0.15, 0.2) is 64.5 Å². The number of halogens is 2. The first kappa shape index (κ1) is 16.8. The van der Waals surface area contributed by atoms with E-state index in [4.69, 9.17) is 16.7 Å². The molecule has 1 aliphatic rings. The summed E-state index contributed by atoms with van der Waals surface area (Å²) in [5, 5.41) is 5.62. The Hall–Kier alpha value is -2.02. The van der Waals surface area contributed by atoms with E-state index in [1.165, 1.54) is 12.1 Å². The highest BCUT2D eigenvalue weighted by atomic mass is 35.5. The Balaban J connectivity index is 2.18. The molecule has 24 heavy (non-hydrogen) atoms. The van der Waals surface area contributed by atoms with E-state index in [0.29, 0.717) is 17.1 Å². The van der Waals surface area contributed by atoms with Crippen LogP contribution in [-0.2, 0) is 15.4 Å². The lowest BCUT2D eigenvalue weighted by molar-refractivity contribution is 0.561. The first-order valence-corrected chi connectivity index (χ1v) is 9.02. The van der Waals surface area contributed by atoms with Crippen LogP contribution in [0, 0.1) is 5.82 Å². The summed E-state index contributed by atoms with van der Waals surface area (Å²) in [6.07, 6.45) is 5.36. The van der Waals surface area contributed by atoms with E-state index in [0.717, 1.165) is 5.56 Å². The minimum Gasteiger partial charge on any atom is -0.292 e. The zero-order valence-corrected chi connectivity index (χ0v) is 14.1. The summed E-state index contributed by atoms with van der Waals surface area (Å²) < 4.78 is 37.1. The van der Waals surface area contributed by atoms with Crippen molar-refractivity contribution in [1.82, 2.24) is 0 Å². The van der Waals surface area contributed by atoms with Crippen LogP contribution in [0.3, 0.4) is 0 Å². The van der Waals surface area contributed by atoms with Crippen molar-refractivity contribution in [2.24, 2.45) is 10.1 Å². The maximum atomic E-state index is 14.3. The van der Waals surface area contributed by atoms with Gasteiger partial charge in [0.05, 0.1) is 12.0 Å². The molecule has 2 N–H and O–H groups in total. The number of nitrogens with two attached hydrogens (primary N) is 1. The van der Waals surface area contributed by atoms with Crippen molar-refractivity contribution in [3.63, 3.8) is 0 Å². The van der Waals surface area contributed by atoms with Gasteiger partial charge in [-0.05, 0) is 41.5 Å². The molecule has 0 saturated heterocycles. The Kier molecular flexibility index (Phi) is 4.29. The molecule has 0 amide bonds. The van der Waals surface area contributed by atoms with Gasteiger partial charge >= 0.3 is 0 Å². The van der Waals surface area contributed by atoms with Gasteiger partial charge in [-0.1, -0.05) is 35.9 Å². The second kappa shape index (κ2) is 6.12. The summed E-state index contributed by atoms with van der Waals surface area (Å²) in [5.74, 6) is -0.883. The molecular formula is C17H14ClFN2O2S. The topological polar surface area (TPSA) is 72.5 Å². The fraction of sp³-hybridized carbons (Fsp3) is 0.118. The van der Waals surface area contributed by atoms with Crippen molar-refractivity contribution in [3.8, 4) is 0 Å². The monoisotopic (exact) mass is 364 g/mol. The predicted molar refractivity (Wildman–Crippen MR) is 92.5 cm³/mol. The van der Waals surface area contributed by atoms with E-state index in [9.17, 15) is 12.8 Å². The predicted octanol–water partition coefficient (Wildman–Crippen LogP) is 3.05. The number of nitrogens with zero attached hydrogens (tertiary/aromatic N) is 1. The molecule has 0 bridgehead atoms. The molecule has 0 aliphatic carbocycles. The van der Waals surface area contributed by atoms with Crippen molar-refractivity contribution in [2.75, 3.05) is 6.54 Å². The fourth-order valence-electron chi connectivity index (χ4n) is 2.82. The third-order valence-electron chi connectivity index (χ3n) is 4.03. The van der Waals surface area contributed by atoms with Crippen molar-refractivity contribution in [2.45, 2.75) is 10.3 Å². The maximum Gasteiger partial charge on any atom is 0.240 e. The summed E-state index contributed by atoms with van der Waals surface area (Å²) >= 11 is 5.95. The van der Waals surface area contributed by atoms with Crippen LogP contribution in [0.4, 0.5) is 4.39 Å². The molecule has 2 aromatic rings. The molecule has 1 heterocycles. The van der Waals surface area contributed by atoms with Crippen molar-refractivity contribution >= 4 is 27.8 Å². The van der Waals surface area contributed by atoms with Crippen LogP contribution >= 0.6 is 11.6 Å². The third-order valence-corrected chi connectivity index (χ3v) is 5.22. The van der Waals surface area contributed by atoms with E-state index in [1.807, 2.05) is 18.2 Å². The summed E-state index contributed by atoms with van der Waals surface area (Å²) in [7, 11) is -4.11. The number of allylic oxidation sites excluding steroid dienone is 1. The number of benzene rings is 2. The Bertz CT molecular complexity index is 940. The largest absolute Gasteiger partial charge is 0.292 e. The van der Waals surface area contributed by atoms with Gasteiger partial charge in [0.25, 0.3) is 0 Å². The average Bonchev–Trinajstić information content (AvgIpc) is 2.55. The van der Waals surface area contributed by atoms with Gasteiger partial charge in [-0.3, -0.25) is 4.99 Å². The highest BCUT2D eigenvalue weighted by Gasteiger charge is 2.33. The summed E-state index contributed by atoms with van der Waals surface area (Å²) in [4.78, 5) is 3.77. The molecule has 1 unspecified atom stereocenters. The SMILES string of the molecule is NS(=O)(=O)c1ccc(C2(c3ccc(Cl)cc3)C=CC=NC2)cc1F. The van der Waals surface area contributed by atoms with Gasteiger partial charge in [-0.25, -0.2) is 17.9 Å². The molecule has 0 aromatic heterocycles. The van der Waals surface area contributed by atoms with Crippen molar-refractivity contribution in [1.29, 1.82) is 0 Å². The quantitative estimate of drug-likeness (QED) is 0.909. The standard InChI is InChI=1S/C17H14ClFN2O2S/c18-14-5-2-12(3-6-14)17(8-1-9-21-11-17)13-4-7-16(15(19)10-13)24(20,22)23/h1-10H,11H2,(H2,20,22,23). The molecule has 2 aromatic carbocycles. The van der Waals surface area contributed by atoms with E-state index in [1.54, 1.807) is 30.5 Å². The van der Waals surface area contributed by atoms with Gasteiger partial charge in [0, 0.05) is 11.2 Å². The molecule has 1 aliphatic heterocycles. The van der Waals surface area contributed by atoms with E-state index < -0.39 is 26.2 Å². The first-order chi connectivity index (χ1) is 11.3. The second-order valence-electron chi connectivity index (χ2n) is 5.52. The highest BCUT2D eigenvalue weighted by molar-refractivity contribution is 7.89. The van der Waals surface area contributed by atoms with Crippen LogP contribution in [0.5, 0.6) is 0 Å². The summed E-state index contributed by atoms with van der Waals surface area (Å²) in [6.45, 7) is 0.374. The molecule has 7 heteroatoms. The normalized spacial score (nSPS) is 20.3. The number of sulfonamides is 1. The number of hydrogen-bond acceptors (Lipinski definition) is 3. The smallest absolute Gasteiger partial charge is 0.240 e. The second-order valence-corrected chi connectivity index (χ2v) is 7.48. The number of aliphatic imine (C=N–C) groups is 1. The minimum absolute atomic E-state index is 0.374. The van der Waals surface area contributed by atoms with E-state index >= 15 is 0 Å². The molecule has 0 fully saturated rings. The van der Waals surface area contributed by atoms with Crippen LogP contribution < -0.4 is 5.14 Å². The number of dihydropyridines is 1. The Morgan fingerprint density at radius 2 is 1.79 bits per heavy atom. The minimum atomic E-state index is -4.11. The van der Waals surface area contributed by atoms with E-state index in [-0.39, 0.29) is 0 Å². The van der Waals surface area contributed by atoms with E-state index in [2.05, 4.69) is 4.99 Å². The fourth-order valence-corrected chi connectivity index (χ4v) is 3.53. The van der Waals surface area contributed by atoms with Gasteiger partial charge in [0.15, 0.2) is 0 Å². The van der Waals surface area contributed by atoms with Crippen LogP contribution in [0.1, 0.15) is 11.1 Å². The molecule has 0 radical (unpaired) electrons. The Morgan fingerprint density at radius 1 is 1.12 bits per heavy atom. The molecule has 0 saturated carbocycles. The molecular weight excluding hydrogens is 351 g/mol. The third kappa shape index (κ3) is 3.00. The van der Waals surface area contributed by atoms with Crippen molar-refractivity contribution in [3.05, 3.63) is 76.6 Å². The molecule has 0 spiro atoms. The zero-order chi connectivity index (χ0) is 17.4. The van der Waals surface area contributed by atoms with Crippen LogP contribution in [-0.4, -0.2) is 21.2 Å². The van der Waals surface area contributed by atoms with Gasteiger partial charge in [-0.2, -0.15) is 0 Å². The zero-order valence-electron chi connectivity index (χ0n) is 12.5. The first-order valence-electron chi connectivity index (χ1n) is 7.09. The van der Waals surface area contributed by atoms with Gasteiger partial charge in [0.2, 0.25) is 10.0 Å². The Morgan fingerprint density at radius 3 is 2.33 bits per heavy atom. The summed E-state index contributed by atoms with van der Waals surface area (Å²) in [5.41, 5.74) is 0.766. The lowest BCUT2D eigenvalue weighted by atomic mass is 9.73. The lowest BCUT2D eigenvalue weighted by Crippen LogP contribution is -2.31. The van der Waals surface area contributed by atoms with Gasteiger partial charge in [0.1, 0.15) is 10.7 Å². The van der Waals surface area contributed by atoms with Crippen molar-refractivity contribution < 1.29 is 12.8 Å². The maximum absolute atomic E-state index is 14.3. The Labute approximate surface area is 144 Å². The number of primary sulfonamides is 1. The highest BCUT2D eigenvalue weighted by Crippen LogP contribution is 2.37.